The quantitative estimate of drug-likeness (QED) is 0.694. The number of carbonyl (C=O) groups excluding carboxylic acids is 1. The third-order valence-electron chi connectivity index (χ3n) is 3.65. The van der Waals surface area contributed by atoms with E-state index in [9.17, 15) is 14.4 Å². The van der Waals surface area contributed by atoms with Crippen molar-refractivity contribution in [3.05, 3.63) is 79.6 Å². The third-order valence-corrected chi connectivity index (χ3v) is 5.32. The summed E-state index contributed by atoms with van der Waals surface area (Å²) in [6.45, 7) is 3.40. The minimum absolute atomic E-state index is 0.0129. The number of ketones is 1. The van der Waals surface area contributed by atoms with Crippen LogP contribution in [0.25, 0.3) is 5.69 Å². The van der Waals surface area contributed by atoms with Crippen LogP contribution in [0.1, 0.15) is 22.8 Å². The number of benzene rings is 2. The summed E-state index contributed by atoms with van der Waals surface area (Å²) in [6, 6.07) is 10.6. The third kappa shape index (κ3) is 3.79. The number of H-pyrrole nitrogens is 1. The molecule has 0 unspecified atom stereocenters. The molecule has 0 bridgehead atoms. The Bertz CT molecular complexity index is 1080. The minimum Gasteiger partial charge on any atom is -0.295 e. The van der Waals surface area contributed by atoms with Crippen molar-refractivity contribution in [1.82, 2.24) is 14.8 Å². The van der Waals surface area contributed by atoms with Gasteiger partial charge in [0, 0.05) is 15.4 Å². The van der Waals surface area contributed by atoms with Crippen LogP contribution in [0.2, 0.25) is 5.02 Å². The van der Waals surface area contributed by atoms with Gasteiger partial charge in [0.2, 0.25) is 0 Å². The number of halogens is 1. The second-order valence-corrected chi connectivity index (χ2v) is 7.10. The highest BCUT2D eigenvalue weighted by molar-refractivity contribution is 7.99. The molecule has 0 radical (unpaired) electrons. The normalized spacial score (nSPS) is 10.7. The number of hydrogen-bond donors (Lipinski definition) is 1. The summed E-state index contributed by atoms with van der Waals surface area (Å²) in [7, 11) is 0. The van der Waals surface area contributed by atoms with Gasteiger partial charge in [-0.1, -0.05) is 35.5 Å². The maximum Gasteiger partial charge on any atom is 0.349 e. The molecule has 0 aliphatic heterocycles. The van der Waals surface area contributed by atoms with E-state index in [2.05, 4.69) is 10.1 Å². The molecular weight excluding hydrogens is 374 g/mol. The van der Waals surface area contributed by atoms with Crippen LogP contribution in [0.15, 0.2) is 62.0 Å². The topological polar surface area (TPSA) is 84.8 Å². The molecule has 0 saturated heterocycles. The van der Waals surface area contributed by atoms with Gasteiger partial charge in [0.25, 0.3) is 5.56 Å². The standard InChI is InChI=1S/C18H14ClN3O3S/c1-10-7-13(22-18(25)21-16(24)9-20-22)8-15(19)17(10)26-14-5-3-12(4-6-14)11(2)23/h3-9H,1-2H3,(H,21,24,25). The van der Waals surface area contributed by atoms with Crippen LogP contribution >= 0.6 is 23.4 Å². The summed E-state index contributed by atoms with van der Waals surface area (Å²) in [4.78, 5) is 38.3. The Morgan fingerprint density at radius 1 is 1.19 bits per heavy atom. The van der Waals surface area contributed by atoms with Crippen LogP contribution in [-0.2, 0) is 0 Å². The van der Waals surface area contributed by atoms with Crippen molar-refractivity contribution in [2.45, 2.75) is 23.6 Å². The molecule has 3 rings (SSSR count). The van der Waals surface area contributed by atoms with Gasteiger partial charge < -0.3 is 0 Å². The second kappa shape index (κ2) is 7.31. The van der Waals surface area contributed by atoms with Crippen LogP contribution in [0.4, 0.5) is 0 Å². The van der Waals surface area contributed by atoms with Gasteiger partial charge in [0.1, 0.15) is 6.20 Å². The number of aryl methyl sites for hydroxylation is 1. The average molecular weight is 388 g/mol. The number of nitrogens with one attached hydrogen (secondary N) is 1. The molecule has 6 nitrogen and oxygen atoms in total. The monoisotopic (exact) mass is 387 g/mol. The van der Waals surface area contributed by atoms with Crippen molar-refractivity contribution in [2.24, 2.45) is 0 Å². The van der Waals surface area contributed by atoms with E-state index < -0.39 is 11.2 Å². The van der Waals surface area contributed by atoms with E-state index in [4.69, 9.17) is 11.6 Å². The van der Waals surface area contributed by atoms with Crippen LogP contribution in [0.5, 0.6) is 0 Å². The zero-order valence-corrected chi connectivity index (χ0v) is 15.5. The number of aromatic amines is 1. The molecule has 8 heteroatoms. The van der Waals surface area contributed by atoms with Crippen LogP contribution in [-0.4, -0.2) is 20.5 Å². The van der Waals surface area contributed by atoms with E-state index >= 15 is 0 Å². The highest BCUT2D eigenvalue weighted by atomic mass is 35.5. The summed E-state index contributed by atoms with van der Waals surface area (Å²) in [6.07, 6.45) is 1.03. The SMILES string of the molecule is CC(=O)c1ccc(Sc2c(C)cc(-n3ncc(=O)[nH]c3=O)cc2Cl)cc1. The molecular formula is C18H14ClN3O3S. The number of nitrogens with zero attached hydrogens (tertiary/aromatic N) is 2. The van der Waals surface area contributed by atoms with Crippen LogP contribution in [0, 0.1) is 6.92 Å². The molecule has 1 heterocycles. The van der Waals surface area contributed by atoms with Crippen molar-refractivity contribution >= 4 is 29.1 Å². The van der Waals surface area contributed by atoms with E-state index in [1.165, 1.54) is 18.7 Å². The van der Waals surface area contributed by atoms with E-state index in [0.717, 1.165) is 26.2 Å². The van der Waals surface area contributed by atoms with Gasteiger partial charge in [0.15, 0.2) is 5.78 Å². The van der Waals surface area contributed by atoms with E-state index in [1.807, 2.05) is 19.1 Å². The summed E-state index contributed by atoms with van der Waals surface area (Å²) >= 11 is 7.87. The summed E-state index contributed by atoms with van der Waals surface area (Å²) in [5.41, 5.74) is 0.776. The van der Waals surface area contributed by atoms with Crippen molar-refractivity contribution in [3.63, 3.8) is 0 Å². The van der Waals surface area contributed by atoms with Crippen molar-refractivity contribution in [1.29, 1.82) is 0 Å². The first kappa shape index (κ1) is 18.2. The first-order chi connectivity index (χ1) is 12.3. The summed E-state index contributed by atoms with van der Waals surface area (Å²) in [5.74, 6) is 0.0129. The Hall–Kier alpha value is -2.64. The molecule has 2 aromatic carbocycles. The van der Waals surface area contributed by atoms with Gasteiger partial charge in [0.05, 0.1) is 10.7 Å². The van der Waals surface area contributed by atoms with Gasteiger partial charge in [-0.15, -0.1) is 0 Å². The Morgan fingerprint density at radius 2 is 1.88 bits per heavy atom. The highest BCUT2D eigenvalue weighted by Crippen LogP contribution is 2.37. The number of Topliss-reactive ketones (excluding diaryl/α,β-unsaturated/α-hetero) is 1. The molecule has 0 spiro atoms. The molecule has 0 fully saturated rings. The van der Waals surface area contributed by atoms with E-state index in [0.29, 0.717) is 16.3 Å². The van der Waals surface area contributed by atoms with Crippen molar-refractivity contribution in [3.8, 4) is 5.69 Å². The van der Waals surface area contributed by atoms with Gasteiger partial charge in [-0.05, 0) is 43.7 Å². The van der Waals surface area contributed by atoms with Crippen molar-refractivity contribution < 1.29 is 4.79 Å². The fourth-order valence-corrected chi connectivity index (χ4v) is 3.64. The largest absolute Gasteiger partial charge is 0.349 e. The van der Waals surface area contributed by atoms with E-state index in [-0.39, 0.29) is 5.78 Å². The molecule has 3 aromatic rings. The molecule has 26 heavy (non-hydrogen) atoms. The van der Waals surface area contributed by atoms with Crippen LogP contribution < -0.4 is 11.2 Å². The Balaban J connectivity index is 1.96. The number of aromatic nitrogens is 3. The lowest BCUT2D eigenvalue weighted by molar-refractivity contribution is 0.101. The summed E-state index contributed by atoms with van der Waals surface area (Å²) < 4.78 is 1.08. The van der Waals surface area contributed by atoms with Crippen molar-refractivity contribution in [2.75, 3.05) is 0 Å². The Morgan fingerprint density at radius 3 is 2.46 bits per heavy atom. The fourth-order valence-electron chi connectivity index (χ4n) is 2.38. The lowest BCUT2D eigenvalue weighted by Crippen LogP contribution is -2.30. The predicted molar refractivity (Wildman–Crippen MR) is 101 cm³/mol. The number of rotatable bonds is 4. The molecule has 0 saturated carbocycles. The minimum atomic E-state index is -0.631. The highest BCUT2D eigenvalue weighted by Gasteiger charge is 2.12. The zero-order chi connectivity index (χ0) is 18.8. The first-order valence-electron chi connectivity index (χ1n) is 7.63. The molecule has 1 aromatic heterocycles. The zero-order valence-electron chi connectivity index (χ0n) is 13.9. The molecule has 0 atom stereocenters. The van der Waals surface area contributed by atoms with Gasteiger partial charge in [-0.25, -0.2) is 4.79 Å². The van der Waals surface area contributed by atoms with Gasteiger partial charge in [-0.2, -0.15) is 9.78 Å². The molecule has 0 aliphatic rings. The smallest absolute Gasteiger partial charge is 0.295 e. The van der Waals surface area contributed by atoms with Gasteiger partial charge in [-0.3, -0.25) is 14.6 Å². The molecule has 0 aliphatic carbocycles. The molecule has 0 amide bonds. The molecule has 1 N–H and O–H groups in total. The number of carbonyl (C=O) groups is 1. The molecule has 132 valence electrons. The lowest BCUT2D eigenvalue weighted by Gasteiger charge is -2.11. The number of hydrogen-bond acceptors (Lipinski definition) is 5. The Labute approximate surface area is 157 Å². The van der Waals surface area contributed by atoms with E-state index in [1.54, 1.807) is 24.3 Å². The summed E-state index contributed by atoms with van der Waals surface area (Å²) in [5, 5.41) is 4.29. The second-order valence-electron chi connectivity index (χ2n) is 5.61. The lowest BCUT2D eigenvalue weighted by atomic mass is 10.2. The first-order valence-corrected chi connectivity index (χ1v) is 8.82. The Kier molecular flexibility index (Phi) is 5.11. The maximum absolute atomic E-state index is 11.9. The predicted octanol–water partition coefficient (Wildman–Crippen LogP) is 3.24. The fraction of sp³-hybridized carbons (Fsp3) is 0.111. The van der Waals surface area contributed by atoms with Crippen LogP contribution in [0.3, 0.4) is 0 Å². The maximum atomic E-state index is 11.9. The van der Waals surface area contributed by atoms with Gasteiger partial charge >= 0.3 is 5.69 Å². The average Bonchev–Trinajstić information content (AvgIpc) is 2.58.